The van der Waals surface area contributed by atoms with Crippen LogP contribution in [0.4, 0.5) is 0 Å². The van der Waals surface area contributed by atoms with Crippen LogP contribution in [0, 0.1) is 0 Å². The van der Waals surface area contributed by atoms with Gasteiger partial charge in [-0.25, -0.2) is 9.78 Å². The zero-order chi connectivity index (χ0) is 14.5. The van der Waals surface area contributed by atoms with Crippen molar-refractivity contribution in [1.82, 2.24) is 10.3 Å². The number of nitrogens with zero attached hydrogens (tertiary/aromatic N) is 1. The summed E-state index contributed by atoms with van der Waals surface area (Å²) in [4.78, 5) is 26.0. The van der Waals surface area contributed by atoms with E-state index < -0.39 is 5.97 Å². The van der Waals surface area contributed by atoms with Crippen molar-refractivity contribution in [2.24, 2.45) is 0 Å². The molecule has 0 aliphatic carbocycles. The number of amides is 1. The van der Waals surface area contributed by atoms with Gasteiger partial charge in [0.05, 0.1) is 10.6 Å². The Labute approximate surface area is 115 Å². The number of rotatable bonds is 6. The molecule has 0 fully saturated rings. The lowest BCUT2D eigenvalue weighted by molar-refractivity contribution is -0.130. The summed E-state index contributed by atoms with van der Waals surface area (Å²) < 4.78 is 5.33. The van der Waals surface area contributed by atoms with E-state index in [0.717, 1.165) is 0 Å². The maximum absolute atomic E-state index is 11.4. The van der Waals surface area contributed by atoms with Crippen LogP contribution in [-0.4, -0.2) is 40.7 Å². The molecule has 1 rings (SSSR count). The summed E-state index contributed by atoms with van der Waals surface area (Å²) in [5.74, 6) is -1.23. The first-order valence-electron chi connectivity index (χ1n) is 5.86. The van der Waals surface area contributed by atoms with Crippen molar-refractivity contribution in [3.63, 3.8) is 0 Å². The summed E-state index contributed by atoms with van der Waals surface area (Å²) in [5, 5.41) is 13.6. The van der Waals surface area contributed by atoms with Gasteiger partial charge in [-0.1, -0.05) is 0 Å². The molecular weight excluding hydrogens is 268 g/mol. The molecule has 1 heterocycles. The molecule has 0 bridgehead atoms. The first-order valence-corrected chi connectivity index (χ1v) is 6.74. The molecule has 2 N–H and O–H groups in total. The van der Waals surface area contributed by atoms with E-state index >= 15 is 0 Å². The predicted molar refractivity (Wildman–Crippen MR) is 71.5 cm³/mol. The van der Waals surface area contributed by atoms with Crippen molar-refractivity contribution < 1.29 is 19.4 Å². The SMILES string of the molecule is CC(C)(C)OCC(=O)NCCc1nc(C(=O)O)cs1. The number of carboxylic acids is 1. The van der Waals surface area contributed by atoms with Gasteiger partial charge in [0.25, 0.3) is 0 Å². The van der Waals surface area contributed by atoms with E-state index in [9.17, 15) is 9.59 Å². The average molecular weight is 286 g/mol. The quantitative estimate of drug-likeness (QED) is 0.823. The van der Waals surface area contributed by atoms with E-state index in [2.05, 4.69) is 10.3 Å². The Balaban J connectivity index is 2.26. The molecule has 0 aliphatic rings. The molecule has 0 saturated carbocycles. The molecule has 0 aromatic carbocycles. The van der Waals surface area contributed by atoms with Gasteiger partial charge in [-0.2, -0.15) is 0 Å². The van der Waals surface area contributed by atoms with Crippen LogP contribution in [0.2, 0.25) is 0 Å². The number of aromatic nitrogens is 1. The lowest BCUT2D eigenvalue weighted by Gasteiger charge is -2.18. The third-order valence-corrected chi connectivity index (χ3v) is 2.98. The molecule has 0 aliphatic heterocycles. The van der Waals surface area contributed by atoms with Gasteiger partial charge in [0.2, 0.25) is 5.91 Å². The smallest absolute Gasteiger partial charge is 0.355 e. The summed E-state index contributed by atoms with van der Waals surface area (Å²) in [7, 11) is 0. The zero-order valence-corrected chi connectivity index (χ0v) is 12.0. The van der Waals surface area contributed by atoms with Crippen LogP contribution in [0.3, 0.4) is 0 Å². The molecule has 0 spiro atoms. The molecule has 6 nitrogen and oxygen atoms in total. The topological polar surface area (TPSA) is 88.5 Å². The number of carbonyl (C=O) groups excluding carboxylic acids is 1. The maximum Gasteiger partial charge on any atom is 0.355 e. The molecule has 106 valence electrons. The standard InChI is InChI=1S/C12H18N2O4S/c1-12(2,3)18-6-9(15)13-5-4-10-14-8(7-19-10)11(16)17/h7H,4-6H2,1-3H3,(H,13,15)(H,16,17). The van der Waals surface area contributed by atoms with Crippen LogP contribution >= 0.6 is 11.3 Å². The lowest BCUT2D eigenvalue weighted by Crippen LogP contribution is -2.33. The second-order valence-electron chi connectivity index (χ2n) is 4.93. The van der Waals surface area contributed by atoms with Crippen molar-refractivity contribution in [2.75, 3.05) is 13.2 Å². The number of hydrogen-bond donors (Lipinski definition) is 2. The molecular formula is C12H18N2O4S. The van der Waals surface area contributed by atoms with E-state index in [0.29, 0.717) is 18.0 Å². The van der Waals surface area contributed by atoms with Crippen LogP contribution in [0.1, 0.15) is 36.3 Å². The number of nitrogens with one attached hydrogen (secondary N) is 1. The summed E-state index contributed by atoms with van der Waals surface area (Å²) >= 11 is 1.27. The summed E-state index contributed by atoms with van der Waals surface area (Å²) in [6, 6.07) is 0. The summed E-state index contributed by atoms with van der Waals surface area (Å²) in [6.45, 7) is 6.07. The second kappa shape index (κ2) is 6.63. The van der Waals surface area contributed by atoms with Gasteiger partial charge in [0, 0.05) is 18.3 Å². The van der Waals surface area contributed by atoms with E-state index in [-0.39, 0.29) is 23.8 Å². The second-order valence-corrected chi connectivity index (χ2v) is 5.88. The van der Waals surface area contributed by atoms with Gasteiger partial charge in [-0.05, 0) is 20.8 Å². The van der Waals surface area contributed by atoms with Crippen LogP contribution in [0.25, 0.3) is 0 Å². The fourth-order valence-electron chi connectivity index (χ4n) is 1.17. The third-order valence-electron chi connectivity index (χ3n) is 2.07. The van der Waals surface area contributed by atoms with E-state index in [1.54, 1.807) is 0 Å². The van der Waals surface area contributed by atoms with Crippen molar-refractivity contribution in [3.8, 4) is 0 Å². The lowest BCUT2D eigenvalue weighted by atomic mass is 10.2. The van der Waals surface area contributed by atoms with E-state index in [1.165, 1.54) is 16.7 Å². The van der Waals surface area contributed by atoms with Crippen LogP contribution < -0.4 is 5.32 Å². The molecule has 1 amide bonds. The van der Waals surface area contributed by atoms with Crippen LogP contribution in [0.5, 0.6) is 0 Å². The van der Waals surface area contributed by atoms with Crippen LogP contribution in [0.15, 0.2) is 5.38 Å². The summed E-state index contributed by atoms with van der Waals surface area (Å²) in [6.07, 6.45) is 0.513. The highest BCUT2D eigenvalue weighted by atomic mass is 32.1. The van der Waals surface area contributed by atoms with Crippen molar-refractivity contribution in [2.45, 2.75) is 32.8 Å². The minimum absolute atomic E-state index is 0.0156. The first-order chi connectivity index (χ1) is 8.78. The zero-order valence-electron chi connectivity index (χ0n) is 11.2. The Kier molecular flexibility index (Phi) is 5.44. The highest BCUT2D eigenvalue weighted by Crippen LogP contribution is 2.10. The molecule has 0 atom stereocenters. The Morgan fingerprint density at radius 1 is 1.47 bits per heavy atom. The number of thiazole rings is 1. The van der Waals surface area contributed by atoms with E-state index in [1.807, 2.05) is 20.8 Å². The van der Waals surface area contributed by atoms with Crippen molar-refractivity contribution in [3.05, 3.63) is 16.1 Å². The highest BCUT2D eigenvalue weighted by molar-refractivity contribution is 7.09. The number of carbonyl (C=O) groups is 2. The molecule has 0 unspecified atom stereocenters. The van der Waals surface area contributed by atoms with Gasteiger partial charge in [-0.15, -0.1) is 11.3 Å². The molecule has 1 aromatic heterocycles. The molecule has 0 radical (unpaired) electrons. The van der Waals surface area contributed by atoms with Gasteiger partial charge < -0.3 is 15.2 Å². The van der Waals surface area contributed by atoms with Crippen LogP contribution in [-0.2, 0) is 16.0 Å². The first kappa shape index (κ1) is 15.6. The van der Waals surface area contributed by atoms with Gasteiger partial charge in [0.1, 0.15) is 6.61 Å². The Morgan fingerprint density at radius 2 is 2.16 bits per heavy atom. The summed E-state index contributed by atoms with van der Waals surface area (Å²) in [5.41, 5.74) is -0.300. The fourth-order valence-corrected chi connectivity index (χ4v) is 1.94. The third kappa shape index (κ3) is 6.30. The van der Waals surface area contributed by atoms with Gasteiger partial charge in [0.15, 0.2) is 5.69 Å². The van der Waals surface area contributed by atoms with Gasteiger partial charge in [-0.3, -0.25) is 4.79 Å². The molecule has 1 aromatic rings. The fraction of sp³-hybridized carbons (Fsp3) is 0.583. The maximum atomic E-state index is 11.4. The minimum atomic E-state index is -1.04. The molecule has 19 heavy (non-hydrogen) atoms. The number of ether oxygens (including phenoxy) is 1. The predicted octanol–water partition coefficient (Wildman–Crippen LogP) is 1.32. The number of aromatic carboxylic acids is 1. The van der Waals surface area contributed by atoms with Crippen molar-refractivity contribution >= 4 is 23.2 Å². The monoisotopic (exact) mass is 286 g/mol. The number of hydrogen-bond acceptors (Lipinski definition) is 5. The average Bonchev–Trinajstić information content (AvgIpc) is 2.74. The van der Waals surface area contributed by atoms with E-state index in [4.69, 9.17) is 9.84 Å². The highest BCUT2D eigenvalue weighted by Gasteiger charge is 2.13. The Bertz CT molecular complexity index is 451. The minimum Gasteiger partial charge on any atom is -0.476 e. The van der Waals surface area contributed by atoms with Crippen molar-refractivity contribution in [1.29, 1.82) is 0 Å². The molecule has 0 saturated heterocycles. The molecule has 7 heteroatoms. The Morgan fingerprint density at radius 3 is 2.68 bits per heavy atom. The van der Waals surface area contributed by atoms with Gasteiger partial charge >= 0.3 is 5.97 Å². The number of carboxylic acid groups (broad SMARTS) is 1. The Hall–Kier alpha value is -1.47. The normalized spacial score (nSPS) is 11.3. The largest absolute Gasteiger partial charge is 0.476 e.